The lowest BCUT2D eigenvalue weighted by Gasteiger charge is -2.23. The number of nitrogens with one attached hydrogen (secondary N) is 1. The fraction of sp³-hybridized carbons (Fsp3) is 0.240. The van der Waals surface area contributed by atoms with E-state index in [4.69, 9.17) is 24.5 Å². The Morgan fingerprint density at radius 3 is 2.70 bits per heavy atom. The number of hydrogen-bond donors (Lipinski definition) is 1. The Morgan fingerprint density at radius 2 is 1.91 bits per heavy atom. The minimum atomic E-state index is -0.492. The second-order valence-electron chi connectivity index (χ2n) is 7.60. The molecule has 2 heterocycles. The summed E-state index contributed by atoms with van der Waals surface area (Å²) in [6.07, 6.45) is 3.91. The second kappa shape index (κ2) is 9.60. The standard InChI is InChI=1S/C25H25N3O5/c1-16-6-4-7-19(12-16)31-10-5-11-32-21-9-8-18(15-22(21)30-3)14-20-24(26)28-23(27-25(20)29)13-17(2)33-28/h4,6-9,12-15,26H,5,10-11H2,1-3H3/b20-14-,26-24?. The summed E-state index contributed by atoms with van der Waals surface area (Å²) in [7, 11) is 1.55. The van der Waals surface area contributed by atoms with Crippen molar-refractivity contribution in [3.8, 4) is 17.2 Å². The van der Waals surface area contributed by atoms with Crippen LogP contribution < -0.4 is 14.2 Å². The van der Waals surface area contributed by atoms with E-state index in [9.17, 15) is 4.79 Å². The predicted molar refractivity (Wildman–Crippen MR) is 125 cm³/mol. The van der Waals surface area contributed by atoms with Crippen LogP contribution in [0.3, 0.4) is 0 Å². The first-order valence-electron chi connectivity index (χ1n) is 10.5. The quantitative estimate of drug-likeness (QED) is 0.479. The van der Waals surface area contributed by atoms with Crippen molar-refractivity contribution in [3.63, 3.8) is 0 Å². The summed E-state index contributed by atoms with van der Waals surface area (Å²) < 4.78 is 17.1. The second-order valence-corrected chi connectivity index (χ2v) is 7.60. The molecule has 170 valence electrons. The van der Waals surface area contributed by atoms with Gasteiger partial charge in [-0.25, -0.2) is 0 Å². The van der Waals surface area contributed by atoms with E-state index >= 15 is 0 Å². The molecular formula is C25H25N3O5. The summed E-state index contributed by atoms with van der Waals surface area (Å²) in [6, 6.07) is 13.2. The summed E-state index contributed by atoms with van der Waals surface area (Å²) in [5.74, 6) is 2.28. The lowest BCUT2D eigenvalue weighted by Crippen LogP contribution is -2.38. The first kappa shape index (κ1) is 22.1. The Labute approximate surface area is 192 Å². The fourth-order valence-corrected chi connectivity index (χ4v) is 3.40. The van der Waals surface area contributed by atoms with Gasteiger partial charge in [0.25, 0.3) is 5.91 Å². The minimum absolute atomic E-state index is 0.0639. The van der Waals surface area contributed by atoms with E-state index < -0.39 is 5.91 Å². The van der Waals surface area contributed by atoms with E-state index in [1.807, 2.05) is 31.2 Å². The van der Waals surface area contributed by atoms with Gasteiger partial charge in [0.15, 0.2) is 23.2 Å². The van der Waals surface area contributed by atoms with E-state index in [0.717, 1.165) is 11.3 Å². The highest BCUT2D eigenvalue weighted by atomic mass is 16.7. The predicted octanol–water partition coefficient (Wildman–Crippen LogP) is 4.30. The van der Waals surface area contributed by atoms with Gasteiger partial charge in [-0.3, -0.25) is 10.2 Å². The van der Waals surface area contributed by atoms with E-state index in [-0.39, 0.29) is 11.4 Å². The van der Waals surface area contributed by atoms with E-state index in [1.165, 1.54) is 5.06 Å². The van der Waals surface area contributed by atoms with Gasteiger partial charge in [-0.1, -0.05) is 18.2 Å². The number of rotatable bonds is 8. The molecule has 0 aliphatic carbocycles. The SMILES string of the molecule is COc1cc(/C=C2/C(=N)N3OC(C)=CC3=NC2=O)ccc1OCCCOc1cccc(C)c1. The summed E-state index contributed by atoms with van der Waals surface area (Å²) in [5.41, 5.74) is 1.96. The lowest BCUT2D eigenvalue weighted by atomic mass is 10.1. The molecule has 8 nitrogen and oxygen atoms in total. The van der Waals surface area contributed by atoms with Crippen molar-refractivity contribution in [3.05, 3.63) is 71.0 Å². The highest BCUT2D eigenvalue weighted by Crippen LogP contribution is 2.30. The third kappa shape index (κ3) is 5.06. The molecule has 2 aromatic rings. The highest BCUT2D eigenvalue weighted by molar-refractivity contribution is 6.32. The van der Waals surface area contributed by atoms with Gasteiger partial charge in [-0.05, 0) is 55.3 Å². The van der Waals surface area contributed by atoms with Gasteiger partial charge in [0, 0.05) is 12.5 Å². The maximum absolute atomic E-state index is 12.4. The molecule has 0 bridgehead atoms. The number of hydroxylamine groups is 2. The third-order valence-corrected chi connectivity index (χ3v) is 4.98. The Hall–Kier alpha value is -4.07. The van der Waals surface area contributed by atoms with Crippen LogP contribution in [0.5, 0.6) is 17.2 Å². The zero-order chi connectivity index (χ0) is 23.4. The van der Waals surface area contributed by atoms with Gasteiger partial charge >= 0.3 is 0 Å². The topological polar surface area (TPSA) is 93.4 Å². The van der Waals surface area contributed by atoms with Crippen LogP contribution in [-0.4, -0.2) is 43.0 Å². The van der Waals surface area contributed by atoms with Gasteiger partial charge in [0.2, 0.25) is 0 Å². The summed E-state index contributed by atoms with van der Waals surface area (Å²) in [6.45, 7) is 4.76. The van der Waals surface area contributed by atoms with Crippen LogP contribution >= 0.6 is 0 Å². The Morgan fingerprint density at radius 1 is 1.09 bits per heavy atom. The Balaban J connectivity index is 1.38. The molecule has 4 rings (SSSR count). The Kier molecular flexibility index (Phi) is 6.44. The zero-order valence-corrected chi connectivity index (χ0v) is 18.8. The van der Waals surface area contributed by atoms with Crippen molar-refractivity contribution < 1.29 is 23.8 Å². The number of methoxy groups -OCH3 is 1. The number of benzene rings is 2. The van der Waals surface area contributed by atoms with Crippen LogP contribution in [0, 0.1) is 12.3 Å². The van der Waals surface area contributed by atoms with Crippen molar-refractivity contribution in [1.29, 1.82) is 5.41 Å². The lowest BCUT2D eigenvalue weighted by molar-refractivity contribution is -0.114. The molecule has 0 aromatic heterocycles. The molecule has 2 aromatic carbocycles. The maximum atomic E-state index is 12.4. The molecular weight excluding hydrogens is 422 g/mol. The van der Waals surface area contributed by atoms with Gasteiger partial charge in [-0.15, -0.1) is 5.06 Å². The van der Waals surface area contributed by atoms with Gasteiger partial charge in [0.1, 0.15) is 11.5 Å². The van der Waals surface area contributed by atoms with Crippen LogP contribution in [0.4, 0.5) is 0 Å². The largest absolute Gasteiger partial charge is 0.493 e. The van der Waals surface area contributed by atoms with Crippen LogP contribution in [0.1, 0.15) is 24.5 Å². The molecule has 0 unspecified atom stereocenters. The molecule has 0 fully saturated rings. The highest BCUT2D eigenvalue weighted by Gasteiger charge is 2.34. The molecule has 1 N–H and O–H groups in total. The number of ether oxygens (including phenoxy) is 3. The molecule has 8 heteroatoms. The molecule has 0 saturated carbocycles. The number of fused-ring (bicyclic) bond motifs is 1. The van der Waals surface area contributed by atoms with Crippen molar-refractivity contribution >= 4 is 23.7 Å². The van der Waals surface area contributed by atoms with E-state index in [2.05, 4.69) is 4.99 Å². The van der Waals surface area contributed by atoms with Crippen LogP contribution in [0.15, 0.2) is 64.9 Å². The minimum Gasteiger partial charge on any atom is -0.493 e. The van der Waals surface area contributed by atoms with Crippen molar-refractivity contribution in [1.82, 2.24) is 5.06 Å². The summed E-state index contributed by atoms with van der Waals surface area (Å²) in [5, 5.41) is 9.55. The Bertz CT molecular complexity index is 1180. The van der Waals surface area contributed by atoms with Crippen molar-refractivity contribution in [2.45, 2.75) is 20.3 Å². The van der Waals surface area contributed by atoms with Gasteiger partial charge in [-0.2, -0.15) is 4.99 Å². The zero-order valence-electron chi connectivity index (χ0n) is 18.8. The smallest absolute Gasteiger partial charge is 0.282 e. The summed E-state index contributed by atoms with van der Waals surface area (Å²) in [4.78, 5) is 21.9. The molecule has 0 spiro atoms. The van der Waals surface area contributed by atoms with Gasteiger partial charge < -0.3 is 19.0 Å². The number of amides is 1. The van der Waals surface area contributed by atoms with Crippen molar-refractivity contribution in [2.75, 3.05) is 20.3 Å². The monoisotopic (exact) mass is 447 g/mol. The number of amidine groups is 2. The number of aliphatic imine (C=N–C) groups is 1. The molecule has 0 radical (unpaired) electrons. The fourth-order valence-electron chi connectivity index (χ4n) is 3.40. The molecule has 0 saturated heterocycles. The molecule has 2 aliphatic rings. The number of aryl methyl sites for hydroxylation is 1. The number of carbonyl (C=O) groups is 1. The molecule has 2 aliphatic heterocycles. The van der Waals surface area contributed by atoms with Crippen LogP contribution in [0.25, 0.3) is 6.08 Å². The first-order chi connectivity index (χ1) is 15.9. The van der Waals surface area contributed by atoms with Crippen LogP contribution in [0.2, 0.25) is 0 Å². The van der Waals surface area contributed by atoms with E-state index in [0.29, 0.717) is 48.3 Å². The van der Waals surface area contributed by atoms with Crippen molar-refractivity contribution in [2.24, 2.45) is 4.99 Å². The average Bonchev–Trinajstić information content (AvgIpc) is 3.17. The number of hydrogen-bond acceptors (Lipinski definition) is 6. The average molecular weight is 447 g/mol. The third-order valence-electron chi connectivity index (χ3n) is 4.98. The first-order valence-corrected chi connectivity index (χ1v) is 10.5. The number of allylic oxidation sites excluding steroid dienone is 1. The molecule has 0 atom stereocenters. The molecule has 33 heavy (non-hydrogen) atoms. The molecule has 1 amide bonds. The normalized spacial score (nSPS) is 16.2. The number of carbonyl (C=O) groups excluding carboxylic acids is 1. The maximum Gasteiger partial charge on any atom is 0.282 e. The number of nitrogens with zero attached hydrogens (tertiary/aromatic N) is 2. The summed E-state index contributed by atoms with van der Waals surface area (Å²) >= 11 is 0. The van der Waals surface area contributed by atoms with Crippen LogP contribution in [-0.2, 0) is 9.63 Å². The van der Waals surface area contributed by atoms with E-state index in [1.54, 1.807) is 44.4 Å². The van der Waals surface area contributed by atoms with Gasteiger partial charge in [0.05, 0.1) is 25.9 Å².